The van der Waals surface area contributed by atoms with Gasteiger partial charge in [-0.25, -0.2) is 0 Å². The van der Waals surface area contributed by atoms with Crippen LogP contribution in [0.3, 0.4) is 0 Å². The molecule has 0 bridgehead atoms. The minimum absolute atomic E-state index is 0.0247. The lowest BCUT2D eigenvalue weighted by molar-refractivity contribution is 0.0242. The largest absolute Gasteiger partial charge is 0.373 e. The summed E-state index contributed by atoms with van der Waals surface area (Å²) < 4.78 is 5.81. The number of hydrogen-bond acceptors (Lipinski definition) is 3. The number of piperidine rings is 1. The maximum Gasteiger partial charge on any atom is 0.191 e. The van der Waals surface area contributed by atoms with Gasteiger partial charge in [-0.05, 0) is 64.6 Å². The molecule has 128 valence electrons. The standard InChI is InChI=1S/C17H34N4O/c1-4-9-21-10-6-15(7-11-21)13-19-16(18-3)20-14-17(2)8-5-12-22-17/h15H,4-14H2,1-3H3,(H2,18,19,20). The number of hydrogen-bond donors (Lipinski definition) is 2. The highest BCUT2D eigenvalue weighted by Gasteiger charge is 2.29. The molecule has 2 aliphatic heterocycles. The Morgan fingerprint density at radius 1 is 1.32 bits per heavy atom. The summed E-state index contributed by atoms with van der Waals surface area (Å²) in [5.41, 5.74) is -0.0247. The summed E-state index contributed by atoms with van der Waals surface area (Å²) in [5, 5.41) is 6.92. The van der Waals surface area contributed by atoms with Crippen LogP contribution in [0.25, 0.3) is 0 Å². The zero-order chi connectivity index (χ0) is 15.8. The molecular formula is C17H34N4O. The molecule has 1 atom stereocenters. The van der Waals surface area contributed by atoms with E-state index in [-0.39, 0.29) is 5.60 Å². The topological polar surface area (TPSA) is 48.9 Å². The Labute approximate surface area is 135 Å². The summed E-state index contributed by atoms with van der Waals surface area (Å²) in [5.74, 6) is 1.68. The molecule has 0 aromatic carbocycles. The smallest absolute Gasteiger partial charge is 0.191 e. The average molecular weight is 310 g/mol. The zero-order valence-corrected chi connectivity index (χ0v) is 14.7. The van der Waals surface area contributed by atoms with Gasteiger partial charge >= 0.3 is 0 Å². The quantitative estimate of drug-likeness (QED) is 0.580. The highest BCUT2D eigenvalue weighted by atomic mass is 16.5. The molecule has 0 saturated carbocycles. The van der Waals surface area contributed by atoms with Crippen LogP contribution in [0.15, 0.2) is 4.99 Å². The lowest BCUT2D eigenvalue weighted by Crippen LogP contribution is -2.47. The van der Waals surface area contributed by atoms with Gasteiger partial charge in [0.25, 0.3) is 0 Å². The summed E-state index contributed by atoms with van der Waals surface area (Å²) in [6.07, 6.45) is 6.16. The molecule has 0 radical (unpaired) electrons. The van der Waals surface area contributed by atoms with Crippen molar-refractivity contribution in [3.05, 3.63) is 0 Å². The van der Waals surface area contributed by atoms with Gasteiger partial charge in [0.2, 0.25) is 0 Å². The van der Waals surface area contributed by atoms with Crippen molar-refractivity contribution in [3.8, 4) is 0 Å². The Morgan fingerprint density at radius 3 is 2.68 bits per heavy atom. The predicted octanol–water partition coefficient (Wildman–Crippen LogP) is 1.84. The average Bonchev–Trinajstić information content (AvgIpc) is 2.96. The molecule has 5 heteroatoms. The van der Waals surface area contributed by atoms with Gasteiger partial charge in [-0.3, -0.25) is 4.99 Å². The number of likely N-dealkylation sites (tertiary alicyclic amines) is 1. The van der Waals surface area contributed by atoms with Crippen molar-refractivity contribution < 1.29 is 4.74 Å². The number of guanidine groups is 1. The van der Waals surface area contributed by atoms with Crippen LogP contribution in [-0.4, -0.2) is 62.8 Å². The molecular weight excluding hydrogens is 276 g/mol. The van der Waals surface area contributed by atoms with Crippen molar-refractivity contribution in [1.82, 2.24) is 15.5 Å². The van der Waals surface area contributed by atoms with Crippen LogP contribution in [0.1, 0.15) is 46.0 Å². The van der Waals surface area contributed by atoms with Crippen LogP contribution in [0, 0.1) is 5.92 Å². The molecule has 22 heavy (non-hydrogen) atoms. The fourth-order valence-corrected chi connectivity index (χ4v) is 3.44. The molecule has 2 N–H and O–H groups in total. The van der Waals surface area contributed by atoms with Crippen molar-refractivity contribution in [2.75, 3.05) is 46.4 Å². The van der Waals surface area contributed by atoms with Crippen molar-refractivity contribution in [3.63, 3.8) is 0 Å². The maximum atomic E-state index is 5.81. The number of ether oxygens (including phenoxy) is 1. The van der Waals surface area contributed by atoms with Crippen LogP contribution in [0.5, 0.6) is 0 Å². The first-order valence-corrected chi connectivity index (χ1v) is 8.96. The van der Waals surface area contributed by atoms with Gasteiger partial charge in [0, 0.05) is 26.7 Å². The third kappa shape index (κ3) is 5.43. The van der Waals surface area contributed by atoms with Crippen molar-refractivity contribution in [2.24, 2.45) is 10.9 Å². The third-order valence-electron chi connectivity index (χ3n) is 4.96. The second-order valence-corrected chi connectivity index (χ2v) is 6.99. The van der Waals surface area contributed by atoms with E-state index in [1.807, 2.05) is 7.05 Å². The molecule has 0 aromatic rings. The molecule has 0 aromatic heterocycles. The normalized spacial score (nSPS) is 28.0. The molecule has 2 fully saturated rings. The summed E-state index contributed by atoms with van der Waals surface area (Å²) in [6, 6.07) is 0. The van der Waals surface area contributed by atoms with E-state index in [0.717, 1.165) is 38.0 Å². The Kier molecular flexibility index (Phi) is 6.96. The second-order valence-electron chi connectivity index (χ2n) is 6.99. The van der Waals surface area contributed by atoms with E-state index < -0.39 is 0 Å². The predicted molar refractivity (Wildman–Crippen MR) is 92.4 cm³/mol. The molecule has 2 heterocycles. The van der Waals surface area contributed by atoms with Crippen molar-refractivity contribution >= 4 is 5.96 Å². The van der Waals surface area contributed by atoms with Crippen LogP contribution < -0.4 is 10.6 Å². The lowest BCUT2D eigenvalue weighted by atomic mass is 9.97. The monoisotopic (exact) mass is 310 g/mol. The van der Waals surface area contributed by atoms with E-state index in [2.05, 4.69) is 34.4 Å². The molecule has 5 nitrogen and oxygen atoms in total. The van der Waals surface area contributed by atoms with E-state index in [1.165, 1.54) is 45.3 Å². The van der Waals surface area contributed by atoms with Crippen molar-refractivity contribution in [2.45, 2.75) is 51.6 Å². The Balaban J connectivity index is 1.64. The highest BCUT2D eigenvalue weighted by molar-refractivity contribution is 5.79. The first kappa shape index (κ1) is 17.5. The van der Waals surface area contributed by atoms with E-state index in [0.29, 0.717) is 0 Å². The minimum atomic E-state index is -0.0247. The van der Waals surface area contributed by atoms with Gasteiger partial charge in [-0.1, -0.05) is 6.92 Å². The van der Waals surface area contributed by atoms with Crippen LogP contribution in [0.4, 0.5) is 0 Å². The van der Waals surface area contributed by atoms with E-state index in [1.54, 1.807) is 0 Å². The number of nitrogens with one attached hydrogen (secondary N) is 2. The SMILES string of the molecule is CCCN1CCC(CNC(=NC)NCC2(C)CCCO2)CC1. The number of rotatable bonds is 6. The summed E-state index contributed by atoms with van der Waals surface area (Å²) in [6.45, 7) is 10.9. The lowest BCUT2D eigenvalue weighted by Gasteiger charge is -2.32. The molecule has 2 saturated heterocycles. The highest BCUT2D eigenvalue weighted by Crippen LogP contribution is 2.23. The molecule has 2 rings (SSSR count). The maximum absolute atomic E-state index is 5.81. The van der Waals surface area contributed by atoms with Gasteiger partial charge in [0.1, 0.15) is 0 Å². The van der Waals surface area contributed by atoms with Crippen molar-refractivity contribution in [1.29, 1.82) is 0 Å². The van der Waals surface area contributed by atoms with E-state index in [9.17, 15) is 0 Å². The van der Waals surface area contributed by atoms with Gasteiger partial charge in [0.15, 0.2) is 5.96 Å². The van der Waals surface area contributed by atoms with Crippen LogP contribution >= 0.6 is 0 Å². The Bertz CT molecular complexity index is 345. The van der Waals surface area contributed by atoms with Gasteiger partial charge in [0.05, 0.1) is 5.60 Å². The van der Waals surface area contributed by atoms with Crippen LogP contribution in [-0.2, 0) is 4.74 Å². The molecule has 0 aliphatic carbocycles. The van der Waals surface area contributed by atoms with E-state index in [4.69, 9.17) is 4.74 Å². The number of aliphatic imine (C=N–C) groups is 1. The van der Waals surface area contributed by atoms with E-state index >= 15 is 0 Å². The Morgan fingerprint density at radius 2 is 2.09 bits per heavy atom. The van der Waals surface area contributed by atoms with Gasteiger partial charge in [-0.15, -0.1) is 0 Å². The molecule has 0 amide bonds. The van der Waals surface area contributed by atoms with Crippen LogP contribution in [0.2, 0.25) is 0 Å². The molecule has 1 unspecified atom stereocenters. The molecule has 2 aliphatic rings. The molecule has 0 spiro atoms. The summed E-state index contributed by atoms with van der Waals surface area (Å²) in [4.78, 5) is 6.92. The number of nitrogens with zero attached hydrogens (tertiary/aromatic N) is 2. The fourth-order valence-electron chi connectivity index (χ4n) is 3.44. The summed E-state index contributed by atoms with van der Waals surface area (Å²) >= 11 is 0. The second kappa shape index (κ2) is 8.73. The first-order chi connectivity index (χ1) is 10.6. The van der Waals surface area contributed by atoms with Gasteiger partial charge in [-0.2, -0.15) is 0 Å². The fraction of sp³-hybridized carbons (Fsp3) is 0.941. The summed E-state index contributed by atoms with van der Waals surface area (Å²) in [7, 11) is 1.84. The van der Waals surface area contributed by atoms with Gasteiger partial charge < -0.3 is 20.3 Å². The Hall–Kier alpha value is -0.810. The minimum Gasteiger partial charge on any atom is -0.373 e. The first-order valence-electron chi connectivity index (χ1n) is 8.96. The zero-order valence-electron chi connectivity index (χ0n) is 14.7. The third-order valence-corrected chi connectivity index (χ3v) is 4.96.